The quantitative estimate of drug-likeness (QED) is 0.740. The number of hydrogen-bond donors (Lipinski definition) is 2. The number of nitrogens with two attached hydrogens (primary N) is 1. The van der Waals surface area contributed by atoms with Crippen LogP contribution >= 0.6 is 0 Å². The molecular formula is C20H31N3O5. The van der Waals surface area contributed by atoms with Gasteiger partial charge in [0, 0.05) is 31.8 Å². The summed E-state index contributed by atoms with van der Waals surface area (Å²) >= 11 is 0. The highest BCUT2D eigenvalue weighted by Crippen LogP contribution is 2.37. The number of ether oxygens (including phenoxy) is 2. The molecule has 1 saturated carbocycles. The van der Waals surface area contributed by atoms with E-state index in [1.54, 1.807) is 11.8 Å². The molecule has 8 heteroatoms. The van der Waals surface area contributed by atoms with Gasteiger partial charge < -0.3 is 25.4 Å². The van der Waals surface area contributed by atoms with Crippen molar-refractivity contribution in [3.8, 4) is 0 Å². The fourth-order valence-corrected chi connectivity index (χ4v) is 4.77. The molecule has 0 bridgehead atoms. The Labute approximate surface area is 165 Å². The summed E-state index contributed by atoms with van der Waals surface area (Å²) in [6, 6.07) is 0. The molecule has 0 radical (unpaired) electrons. The molecule has 8 nitrogen and oxygen atoms in total. The van der Waals surface area contributed by atoms with Gasteiger partial charge >= 0.3 is 0 Å². The van der Waals surface area contributed by atoms with E-state index in [0.29, 0.717) is 44.1 Å². The molecule has 1 saturated heterocycles. The van der Waals surface area contributed by atoms with Crippen LogP contribution in [0.4, 0.5) is 0 Å². The van der Waals surface area contributed by atoms with Crippen LogP contribution in [-0.2, 0) is 23.9 Å². The number of carbonyl (C=O) groups is 3. The van der Waals surface area contributed by atoms with Crippen LogP contribution < -0.4 is 11.1 Å². The summed E-state index contributed by atoms with van der Waals surface area (Å²) in [6.07, 6.45) is 5.40. The molecule has 2 aliphatic heterocycles. The Morgan fingerprint density at radius 2 is 1.93 bits per heavy atom. The second kappa shape index (κ2) is 8.11. The van der Waals surface area contributed by atoms with Crippen LogP contribution in [0.15, 0.2) is 11.3 Å². The fourth-order valence-electron chi connectivity index (χ4n) is 4.77. The van der Waals surface area contributed by atoms with E-state index in [0.717, 1.165) is 32.1 Å². The molecule has 2 fully saturated rings. The van der Waals surface area contributed by atoms with E-state index < -0.39 is 17.0 Å². The number of rotatable bonds is 4. The first-order valence-corrected chi connectivity index (χ1v) is 10.1. The number of nitrogens with one attached hydrogen (secondary N) is 1. The summed E-state index contributed by atoms with van der Waals surface area (Å²) < 4.78 is 11.7. The number of primary amides is 1. The van der Waals surface area contributed by atoms with Crippen molar-refractivity contribution in [2.75, 3.05) is 26.3 Å². The van der Waals surface area contributed by atoms with Crippen LogP contribution in [0.25, 0.3) is 0 Å². The van der Waals surface area contributed by atoms with Crippen molar-refractivity contribution in [3.63, 3.8) is 0 Å². The summed E-state index contributed by atoms with van der Waals surface area (Å²) in [5, 5.41) is 3.05. The molecule has 0 aromatic rings. The molecule has 156 valence electrons. The molecule has 3 N–H and O–H groups in total. The minimum absolute atomic E-state index is 0.0192. The van der Waals surface area contributed by atoms with Gasteiger partial charge in [-0.3, -0.25) is 14.4 Å². The molecule has 1 spiro atoms. The van der Waals surface area contributed by atoms with E-state index in [1.165, 1.54) is 6.92 Å². The van der Waals surface area contributed by atoms with Gasteiger partial charge in [-0.15, -0.1) is 0 Å². The minimum atomic E-state index is -0.770. The first-order valence-electron chi connectivity index (χ1n) is 10.1. The van der Waals surface area contributed by atoms with E-state index >= 15 is 0 Å². The van der Waals surface area contributed by atoms with Crippen LogP contribution in [-0.4, -0.2) is 60.1 Å². The van der Waals surface area contributed by atoms with Gasteiger partial charge in [0.2, 0.25) is 17.7 Å². The lowest BCUT2D eigenvalue weighted by Crippen LogP contribution is -2.54. The zero-order valence-corrected chi connectivity index (χ0v) is 16.8. The SMILES string of the molecule is CC(=O)NC1(CC(=O)N2CCOC[C@]3(CC(C(N)=O)=C(C)O3)C2)CCCCC1. The monoisotopic (exact) mass is 393 g/mol. The topological polar surface area (TPSA) is 111 Å². The maximum atomic E-state index is 13.2. The normalized spacial score (nSPS) is 27.3. The third kappa shape index (κ3) is 4.48. The van der Waals surface area contributed by atoms with E-state index in [9.17, 15) is 14.4 Å². The number of allylic oxidation sites excluding steroid dienone is 1. The second-order valence-corrected chi connectivity index (χ2v) is 8.43. The number of hydrogen-bond acceptors (Lipinski definition) is 5. The molecule has 28 heavy (non-hydrogen) atoms. The number of amides is 3. The predicted molar refractivity (Wildman–Crippen MR) is 102 cm³/mol. The van der Waals surface area contributed by atoms with Gasteiger partial charge in [-0.25, -0.2) is 0 Å². The summed E-state index contributed by atoms with van der Waals surface area (Å²) in [5.74, 6) is -0.111. The van der Waals surface area contributed by atoms with Crippen molar-refractivity contribution in [1.29, 1.82) is 0 Å². The average molecular weight is 393 g/mol. The van der Waals surface area contributed by atoms with E-state index in [2.05, 4.69) is 5.32 Å². The largest absolute Gasteiger partial charge is 0.487 e. The zero-order chi connectivity index (χ0) is 20.4. The standard InChI is InChI=1S/C20H31N3O5/c1-14-16(18(21)26)10-20(28-14)12-23(8-9-27-13-20)17(25)11-19(22-15(2)24)6-4-3-5-7-19/h3-13H2,1-2H3,(H2,21,26)(H,22,24)/t20-/m0/s1. The highest BCUT2D eigenvalue weighted by Gasteiger charge is 2.46. The highest BCUT2D eigenvalue weighted by atomic mass is 16.6. The van der Waals surface area contributed by atoms with Gasteiger partial charge in [-0.1, -0.05) is 19.3 Å². The van der Waals surface area contributed by atoms with Gasteiger partial charge in [0.1, 0.15) is 5.76 Å². The number of carbonyl (C=O) groups excluding carboxylic acids is 3. The first-order chi connectivity index (χ1) is 13.2. The smallest absolute Gasteiger partial charge is 0.248 e. The maximum absolute atomic E-state index is 13.2. The highest BCUT2D eigenvalue weighted by molar-refractivity contribution is 5.93. The summed E-state index contributed by atoms with van der Waals surface area (Å²) in [6.45, 7) is 4.75. The van der Waals surface area contributed by atoms with Crippen LogP contribution in [0, 0.1) is 0 Å². The van der Waals surface area contributed by atoms with Crippen molar-refractivity contribution in [3.05, 3.63) is 11.3 Å². The molecule has 0 aromatic carbocycles. The molecule has 1 aliphatic carbocycles. The molecule has 0 aromatic heterocycles. The first kappa shape index (κ1) is 20.6. The third-order valence-corrected chi connectivity index (χ3v) is 6.03. The summed E-state index contributed by atoms with van der Waals surface area (Å²) in [4.78, 5) is 38.4. The van der Waals surface area contributed by atoms with Gasteiger partial charge in [-0.05, 0) is 19.8 Å². The van der Waals surface area contributed by atoms with Crippen LogP contribution in [0.2, 0.25) is 0 Å². The molecule has 1 atom stereocenters. The lowest BCUT2D eigenvalue weighted by atomic mass is 9.78. The van der Waals surface area contributed by atoms with Gasteiger partial charge in [-0.2, -0.15) is 0 Å². The maximum Gasteiger partial charge on any atom is 0.248 e. The Balaban J connectivity index is 1.72. The van der Waals surface area contributed by atoms with Gasteiger partial charge in [0.25, 0.3) is 0 Å². The molecular weight excluding hydrogens is 362 g/mol. The third-order valence-electron chi connectivity index (χ3n) is 6.03. The zero-order valence-electron chi connectivity index (χ0n) is 16.8. The Bertz CT molecular complexity index is 683. The van der Waals surface area contributed by atoms with Gasteiger partial charge in [0.05, 0.1) is 25.3 Å². The van der Waals surface area contributed by atoms with Crippen molar-refractivity contribution < 1.29 is 23.9 Å². The van der Waals surface area contributed by atoms with Crippen LogP contribution in [0.5, 0.6) is 0 Å². The Kier molecular flexibility index (Phi) is 5.98. The second-order valence-electron chi connectivity index (χ2n) is 8.43. The molecule has 3 amide bonds. The van der Waals surface area contributed by atoms with Crippen molar-refractivity contribution in [2.45, 2.75) is 69.9 Å². The molecule has 2 heterocycles. The van der Waals surface area contributed by atoms with Crippen LogP contribution in [0.1, 0.15) is 58.8 Å². The molecule has 3 rings (SSSR count). The van der Waals surface area contributed by atoms with E-state index in [-0.39, 0.29) is 18.2 Å². The molecule has 3 aliphatic rings. The van der Waals surface area contributed by atoms with Crippen LogP contribution in [0.3, 0.4) is 0 Å². The summed E-state index contributed by atoms with van der Waals surface area (Å²) in [5.41, 5.74) is 4.68. The Morgan fingerprint density at radius 3 is 2.54 bits per heavy atom. The lowest BCUT2D eigenvalue weighted by molar-refractivity contribution is -0.136. The van der Waals surface area contributed by atoms with Crippen molar-refractivity contribution in [2.24, 2.45) is 5.73 Å². The lowest BCUT2D eigenvalue weighted by Gasteiger charge is -2.39. The van der Waals surface area contributed by atoms with Crippen molar-refractivity contribution >= 4 is 17.7 Å². The average Bonchev–Trinajstić information content (AvgIpc) is 2.80. The van der Waals surface area contributed by atoms with E-state index in [1.807, 2.05) is 0 Å². The summed E-state index contributed by atoms with van der Waals surface area (Å²) in [7, 11) is 0. The Morgan fingerprint density at radius 1 is 1.21 bits per heavy atom. The van der Waals surface area contributed by atoms with E-state index in [4.69, 9.17) is 15.2 Å². The number of nitrogens with zero attached hydrogens (tertiary/aromatic N) is 1. The molecule has 0 unspecified atom stereocenters. The van der Waals surface area contributed by atoms with Gasteiger partial charge in [0.15, 0.2) is 5.60 Å². The Hall–Kier alpha value is -2.09. The van der Waals surface area contributed by atoms with Crippen molar-refractivity contribution in [1.82, 2.24) is 10.2 Å². The minimum Gasteiger partial charge on any atom is -0.487 e. The predicted octanol–water partition coefficient (Wildman–Crippen LogP) is 0.993. The fraction of sp³-hybridized carbons (Fsp3) is 0.750.